The van der Waals surface area contributed by atoms with Crippen LogP contribution in [0, 0.1) is 46.8 Å². The molecule has 4 saturated carbocycles. The van der Waals surface area contributed by atoms with Gasteiger partial charge in [0.15, 0.2) is 5.78 Å². The normalized spacial score (nSPS) is 44.6. The van der Waals surface area contributed by atoms with Gasteiger partial charge in [0.2, 0.25) is 0 Å². The Morgan fingerprint density at radius 1 is 1.10 bits per heavy atom. The van der Waals surface area contributed by atoms with Crippen LogP contribution in [0.1, 0.15) is 71.6 Å². The van der Waals surface area contributed by atoms with E-state index in [0.29, 0.717) is 17.7 Å². The maximum Gasteiger partial charge on any atom is 0.157 e. The van der Waals surface area contributed by atoms with Gasteiger partial charge < -0.3 is 5.84 Å². The van der Waals surface area contributed by atoms with Gasteiger partial charge in [-0.2, -0.15) is 5.10 Å². The van der Waals surface area contributed by atoms with Gasteiger partial charge in [-0.25, -0.2) is 5.84 Å². The predicted molar refractivity (Wildman–Crippen MR) is 113 cm³/mol. The van der Waals surface area contributed by atoms with Crippen LogP contribution < -0.4 is 11.7 Å². The van der Waals surface area contributed by atoms with E-state index in [-0.39, 0.29) is 30.3 Å². The Kier molecular flexibility index (Phi) is 5.93. The van der Waals surface area contributed by atoms with Crippen LogP contribution in [0.5, 0.6) is 0 Å². The van der Waals surface area contributed by atoms with E-state index in [1.807, 2.05) is 0 Å². The molecule has 0 aromatic rings. The number of nitrogens with two attached hydrogens (primary N) is 2. The second kappa shape index (κ2) is 8.16. The molecule has 8 atom stereocenters. The highest BCUT2D eigenvalue weighted by atomic mass is 19.1. The first-order valence-corrected chi connectivity index (χ1v) is 11.7. The van der Waals surface area contributed by atoms with E-state index in [9.17, 15) is 9.18 Å². The lowest BCUT2D eigenvalue weighted by Crippen LogP contribution is -2.50. The van der Waals surface area contributed by atoms with Crippen molar-refractivity contribution < 1.29 is 9.18 Å². The zero-order valence-electron chi connectivity index (χ0n) is 18.2. The number of hydrazone groups is 1. The molecular weight excluding hydrogens is 367 g/mol. The van der Waals surface area contributed by atoms with Crippen LogP contribution in [0.15, 0.2) is 5.10 Å². The lowest BCUT2D eigenvalue weighted by atomic mass is 9.49. The average molecular weight is 407 g/mol. The first-order chi connectivity index (χ1) is 13.9. The van der Waals surface area contributed by atoms with Gasteiger partial charge in [-0.15, -0.1) is 0 Å². The van der Waals surface area contributed by atoms with E-state index in [2.05, 4.69) is 12.0 Å². The van der Waals surface area contributed by atoms with Crippen molar-refractivity contribution in [2.45, 2.75) is 71.6 Å². The van der Waals surface area contributed by atoms with Crippen LogP contribution in [0.4, 0.5) is 4.39 Å². The minimum atomic E-state index is -0.131. The Balaban J connectivity index is 1.45. The van der Waals surface area contributed by atoms with Gasteiger partial charge in [-0.3, -0.25) is 14.2 Å². The average Bonchev–Trinajstić information content (AvgIpc) is 3.09. The minimum absolute atomic E-state index is 0.102. The van der Waals surface area contributed by atoms with Gasteiger partial charge in [0.25, 0.3) is 0 Å². The summed E-state index contributed by atoms with van der Waals surface area (Å²) in [5.74, 6) is 16.2. The fourth-order valence-corrected chi connectivity index (χ4v) is 8.09. The smallest absolute Gasteiger partial charge is 0.157 e. The number of fused-ring (bicyclic) bond motifs is 5. The number of carbonyl (C=O) groups is 1. The molecular formula is C23H39FN4O. The summed E-state index contributed by atoms with van der Waals surface area (Å²) in [6.45, 7) is 4.17. The molecule has 6 heteroatoms. The molecule has 0 aliphatic heterocycles. The van der Waals surface area contributed by atoms with Crippen molar-refractivity contribution >= 4 is 11.6 Å². The van der Waals surface area contributed by atoms with Gasteiger partial charge in [-0.1, -0.05) is 6.92 Å². The zero-order chi connectivity index (χ0) is 20.8. The number of hydrazine groups is 1. The number of Topliss-reactive ketones (excluding diaryl/α,β-unsaturated/α-hetero) is 1. The Bertz CT molecular complexity index is 655. The molecule has 0 amide bonds. The molecule has 8 unspecified atom stereocenters. The van der Waals surface area contributed by atoms with Gasteiger partial charge in [0, 0.05) is 5.92 Å². The number of hydrogen-bond donors (Lipinski definition) is 2. The number of alkyl halides is 1. The van der Waals surface area contributed by atoms with Crippen LogP contribution in [-0.4, -0.2) is 29.8 Å². The fourth-order valence-electron chi connectivity index (χ4n) is 8.09. The number of carbonyl (C=O) groups excluding carboxylic acids is 1. The van der Waals surface area contributed by atoms with Gasteiger partial charge in [0.1, 0.15) is 5.84 Å². The van der Waals surface area contributed by atoms with Crippen molar-refractivity contribution in [1.82, 2.24) is 5.01 Å². The summed E-state index contributed by atoms with van der Waals surface area (Å²) < 4.78 is 13.2. The standard InChI is InChI=1S/C23H39FN4O/c1-14(27-25)28(26)13-22(29)21-8-7-20-19-6-4-16-11-15(12-24)3-5-17(16)18(19)9-10-23(20,21)2/h15-21H,3-13,25-26H2,1-2H3/b27-14-. The molecule has 0 aromatic carbocycles. The van der Waals surface area contributed by atoms with E-state index in [4.69, 9.17) is 11.7 Å². The zero-order valence-corrected chi connectivity index (χ0v) is 18.2. The molecule has 0 radical (unpaired) electrons. The largest absolute Gasteiger partial charge is 0.322 e. The molecule has 0 saturated heterocycles. The molecule has 5 nitrogen and oxygen atoms in total. The molecule has 164 valence electrons. The van der Waals surface area contributed by atoms with Crippen LogP contribution in [0.25, 0.3) is 0 Å². The van der Waals surface area contributed by atoms with E-state index in [0.717, 1.165) is 49.4 Å². The van der Waals surface area contributed by atoms with E-state index in [1.165, 1.54) is 37.1 Å². The van der Waals surface area contributed by atoms with Gasteiger partial charge in [0.05, 0.1) is 13.2 Å². The van der Waals surface area contributed by atoms with Crippen LogP contribution in [-0.2, 0) is 4.79 Å². The topological polar surface area (TPSA) is 84.7 Å². The van der Waals surface area contributed by atoms with Crippen molar-refractivity contribution in [3.63, 3.8) is 0 Å². The van der Waals surface area contributed by atoms with Crippen LogP contribution in [0.2, 0.25) is 0 Å². The second-order valence-electron chi connectivity index (χ2n) is 10.7. The van der Waals surface area contributed by atoms with Crippen molar-refractivity contribution in [3.05, 3.63) is 0 Å². The molecule has 4 rings (SSSR count). The lowest BCUT2D eigenvalue weighted by molar-refractivity contribution is -0.131. The highest BCUT2D eigenvalue weighted by Crippen LogP contribution is 2.64. The summed E-state index contributed by atoms with van der Waals surface area (Å²) in [5, 5.41) is 5.00. The molecule has 29 heavy (non-hydrogen) atoms. The van der Waals surface area contributed by atoms with E-state index >= 15 is 0 Å². The predicted octanol–water partition coefficient (Wildman–Crippen LogP) is 3.88. The van der Waals surface area contributed by atoms with Crippen molar-refractivity contribution in [2.24, 2.45) is 63.6 Å². The highest BCUT2D eigenvalue weighted by Gasteiger charge is 2.58. The SMILES string of the molecule is C/C(=N/N)N(N)CC(=O)C1CCC2C3CCC4CC(CF)CCC4C3CCC12C. The first-order valence-electron chi connectivity index (χ1n) is 11.7. The third-order valence-electron chi connectivity index (χ3n) is 9.60. The Morgan fingerprint density at radius 3 is 2.59 bits per heavy atom. The summed E-state index contributed by atoms with van der Waals surface area (Å²) in [7, 11) is 0. The minimum Gasteiger partial charge on any atom is -0.322 e. The molecule has 0 aromatic heterocycles. The molecule has 4 aliphatic rings. The van der Waals surface area contributed by atoms with Crippen LogP contribution >= 0.6 is 0 Å². The van der Waals surface area contributed by atoms with E-state index in [1.54, 1.807) is 6.92 Å². The van der Waals surface area contributed by atoms with Crippen molar-refractivity contribution in [1.29, 1.82) is 0 Å². The quantitative estimate of drug-likeness (QED) is 0.321. The summed E-state index contributed by atoms with van der Waals surface area (Å²) in [6.07, 6.45) is 10.6. The summed E-state index contributed by atoms with van der Waals surface area (Å²) in [6, 6.07) is 0. The number of rotatable bonds is 4. The van der Waals surface area contributed by atoms with Gasteiger partial charge in [-0.05, 0) is 106 Å². The summed E-state index contributed by atoms with van der Waals surface area (Å²) in [5.41, 5.74) is 0.107. The third kappa shape index (κ3) is 3.60. The number of halogens is 1. The Morgan fingerprint density at radius 2 is 1.86 bits per heavy atom. The Hall–Kier alpha value is -1.17. The highest BCUT2D eigenvalue weighted by molar-refractivity contribution is 5.89. The summed E-state index contributed by atoms with van der Waals surface area (Å²) >= 11 is 0. The molecule has 4 N–H and O–H groups in total. The summed E-state index contributed by atoms with van der Waals surface area (Å²) in [4.78, 5) is 13.1. The van der Waals surface area contributed by atoms with Crippen molar-refractivity contribution in [3.8, 4) is 0 Å². The van der Waals surface area contributed by atoms with E-state index < -0.39 is 0 Å². The lowest BCUT2D eigenvalue weighted by Gasteiger charge is -2.56. The first kappa shape index (κ1) is 21.1. The number of amidine groups is 1. The number of nitrogens with zero attached hydrogens (tertiary/aromatic N) is 2. The molecule has 0 heterocycles. The van der Waals surface area contributed by atoms with Crippen LogP contribution in [0.3, 0.4) is 0 Å². The maximum absolute atomic E-state index is 13.2. The molecule has 0 bridgehead atoms. The maximum atomic E-state index is 13.2. The fraction of sp³-hybridized carbons (Fsp3) is 0.913. The number of ketones is 1. The van der Waals surface area contributed by atoms with Crippen molar-refractivity contribution in [2.75, 3.05) is 13.2 Å². The van der Waals surface area contributed by atoms with Gasteiger partial charge >= 0.3 is 0 Å². The number of hydrogen-bond acceptors (Lipinski definition) is 4. The molecule has 4 aliphatic carbocycles. The molecule has 4 fully saturated rings. The molecule has 0 spiro atoms. The monoisotopic (exact) mass is 406 g/mol. The second-order valence-corrected chi connectivity index (χ2v) is 10.7. The Labute approximate surface area is 174 Å². The third-order valence-corrected chi connectivity index (χ3v) is 9.60.